The molecule has 2 unspecified atom stereocenters. The molecule has 2 aromatic carbocycles. The lowest BCUT2D eigenvalue weighted by Gasteiger charge is -2.38. The van der Waals surface area contributed by atoms with E-state index >= 15 is 0 Å². The number of hydrogen-bond acceptors (Lipinski definition) is 12. The number of hydrogen-bond donors (Lipinski definition) is 4. The van der Waals surface area contributed by atoms with Crippen molar-refractivity contribution in [3.63, 3.8) is 0 Å². The molecule has 8 rings (SSSR count). The Morgan fingerprint density at radius 2 is 1.61 bits per heavy atom. The number of amides is 5. The molecule has 2 atom stereocenters. The van der Waals surface area contributed by atoms with Gasteiger partial charge in [-0.2, -0.15) is 0 Å². The number of nitrogens with zero attached hydrogens (tertiary/aromatic N) is 6. The molecule has 19 heteroatoms. The molecule has 0 bridgehead atoms. The monoisotopic (exact) mass is 995 g/mol. The van der Waals surface area contributed by atoms with Gasteiger partial charge in [-0.05, 0) is 107 Å². The molecule has 5 amide bonds. The summed E-state index contributed by atoms with van der Waals surface area (Å²) < 4.78 is 7.02. The molecule has 0 radical (unpaired) electrons. The number of piperazine rings is 1. The van der Waals surface area contributed by atoms with Crippen molar-refractivity contribution < 1.29 is 38.6 Å². The quantitative estimate of drug-likeness (QED) is 0.0916. The van der Waals surface area contributed by atoms with Crippen LogP contribution in [0, 0.1) is 5.92 Å². The van der Waals surface area contributed by atoms with E-state index in [1.54, 1.807) is 40.1 Å². The summed E-state index contributed by atoms with van der Waals surface area (Å²) in [5, 5.41) is 22.1. The summed E-state index contributed by atoms with van der Waals surface area (Å²) in [5.74, 6) is -0.293. The second kappa shape index (κ2) is 23.6. The average molecular weight is 997 g/mol. The van der Waals surface area contributed by atoms with Gasteiger partial charge in [-0.1, -0.05) is 17.7 Å². The van der Waals surface area contributed by atoms with E-state index in [1.165, 1.54) is 10.9 Å². The number of benzene rings is 2. The van der Waals surface area contributed by atoms with Gasteiger partial charge in [0, 0.05) is 106 Å². The van der Waals surface area contributed by atoms with Crippen LogP contribution in [0.25, 0.3) is 21.8 Å². The third kappa shape index (κ3) is 13.4. The molecule has 4 aromatic rings. The smallest absolute Gasteiger partial charge is 0.261 e. The first-order valence-electron chi connectivity index (χ1n) is 25.3. The molecule has 0 saturated carbocycles. The Morgan fingerprint density at radius 1 is 0.859 bits per heavy atom. The number of likely N-dealkylation sites (tertiary alicyclic amines) is 1. The van der Waals surface area contributed by atoms with Crippen molar-refractivity contribution in [2.45, 2.75) is 115 Å². The molecule has 3 fully saturated rings. The molecule has 1 aliphatic carbocycles. The largest absolute Gasteiger partial charge is 0.388 e. The predicted molar refractivity (Wildman–Crippen MR) is 268 cm³/mol. The van der Waals surface area contributed by atoms with E-state index in [0.29, 0.717) is 132 Å². The Kier molecular flexibility index (Phi) is 17.1. The first-order chi connectivity index (χ1) is 34.2. The Hall–Kier alpha value is -5.82. The number of aryl methyl sites for hydroxylation is 1. The van der Waals surface area contributed by atoms with E-state index in [9.17, 15) is 38.7 Å². The lowest BCUT2D eigenvalue weighted by Crippen LogP contribution is -2.50. The number of fused-ring (bicyclic) bond motifs is 3. The number of carbonyl (C=O) groups excluding carboxylic acids is 6. The summed E-state index contributed by atoms with van der Waals surface area (Å²) in [6.45, 7) is 5.93. The number of nitrogens with one attached hydrogen (secondary N) is 3. The highest BCUT2D eigenvalue weighted by Gasteiger charge is 2.35. The van der Waals surface area contributed by atoms with Gasteiger partial charge in [0.15, 0.2) is 0 Å². The normalized spacial score (nSPS) is 19.1. The van der Waals surface area contributed by atoms with Crippen LogP contribution in [0.15, 0.2) is 47.5 Å². The van der Waals surface area contributed by atoms with Crippen LogP contribution in [-0.4, -0.2) is 147 Å². The molecule has 5 heterocycles. The predicted octanol–water partition coefficient (Wildman–Crippen LogP) is 4.18. The van der Waals surface area contributed by atoms with Crippen LogP contribution in [0.5, 0.6) is 0 Å². The van der Waals surface area contributed by atoms with Crippen LogP contribution in [-0.2, 0) is 48.1 Å². The van der Waals surface area contributed by atoms with Crippen LogP contribution >= 0.6 is 11.6 Å². The lowest BCUT2D eigenvalue weighted by molar-refractivity contribution is -0.136. The maximum absolute atomic E-state index is 13.5. The standard InChI is InChI=1S/C52H66ClN9O9/c1-34-36(29-45(64)56-34)27-38(63)7-6-25-71-26-15-48(67)61-23-21-59(22-24-61)31-46(65)57-37-12-14-41-43(30-37)55-33-62(51(41)69)32-52(70)16-19-60(20-17-52)47(66)10-4-5-18-54-50(68)35-11-13-40-44(28-35)58-42-9-3-2-8-39(42)49(40)53/h11-14,28,30,33-34,36,70H,2-10,15-27,29,31-32H2,1H3,(H,54,68)(H,56,64)(H,57,65). The first-order valence-corrected chi connectivity index (χ1v) is 25.7. The number of carbonyl (C=O) groups is 6. The van der Waals surface area contributed by atoms with Crippen LogP contribution in [0.3, 0.4) is 0 Å². The second-order valence-electron chi connectivity index (χ2n) is 19.8. The minimum atomic E-state index is -1.20. The van der Waals surface area contributed by atoms with Crippen LogP contribution in [0.2, 0.25) is 5.02 Å². The third-order valence-electron chi connectivity index (χ3n) is 14.5. The minimum absolute atomic E-state index is 0.00492. The highest BCUT2D eigenvalue weighted by atomic mass is 35.5. The van der Waals surface area contributed by atoms with Gasteiger partial charge in [0.25, 0.3) is 11.5 Å². The summed E-state index contributed by atoms with van der Waals surface area (Å²) in [5.41, 5.74) is 2.76. The van der Waals surface area contributed by atoms with E-state index < -0.39 is 5.60 Å². The number of unbranched alkanes of at least 4 members (excludes halogenated alkanes) is 1. The molecular weight excluding hydrogens is 930 g/mol. The van der Waals surface area contributed by atoms with Crippen LogP contribution in [0.4, 0.5) is 5.69 Å². The lowest BCUT2D eigenvalue weighted by atomic mass is 9.91. The van der Waals surface area contributed by atoms with Gasteiger partial charge in [0.05, 0.1) is 59.5 Å². The molecule has 4 N–H and O–H groups in total. The van der Waals surface area contributed by atoms with Crippen molar-refractivity contribution in [3.05, 3.63) is 74.9 Å². The summed E-state index contributed by atoms with van der Waals surface area (Å²) in [4.78, 5) is 104. The fourth-order valence-corrected chi connectivity index (χ4v) is 10.6. The molecule has 71 heavy (non-hydrogen) atoms. The zero-order valence-corrected chi connectivity index (χ0v) is 41.4. The molecule has 18 nitrogen and oxygen atoms in total. The number of rotatable bonds is 20. The average Bonchev–Trinajstić information content (AvgIpc) is 3.68. The first kappa shape index (κ1) is 51.5. The van der Waals surface area contributed by atoms with Gasteiger partial charge < -0.3 is 35.6 Å². The van der Waals surface area contributed by atoms with Crippen molar-refractivity contribution >= 4 is 74.4 Å². The minimum Gasteiger partial charge on any atom is -0.388 e. The van der Waals surface area contributed by atoms with Gasteiger partial charge in [-0.3, -0.25) is 48.0 Å². The van der Waals surface area contributed by atoms with E-state index in [4.69, 9.17) is 21.3 Å². The number of aliphatic hydroxyl groups is 1. The summed E-state index contributed by atoms with van der Waals surface area (Å²) in [6, 6.07) is 10.4. The zero-order chi connectivity index (χ0) is 50.1. The van der Waals surface area contributed by atoms with Crippen molar-refractivity contribution in [2.24, 2.45) is 5.92 Å². The molecule has 0 spiro atoms. The molecular formula is C52H66ClN9O9. The number of anilines is 1. The molecule has 380 valence electrons. The molecule has 4 aliphatic rings. The Labute approximate surface area is 418 Å². The SMILES string of the molecule is CC1NC(=O)CC1CC(=O)CCCOCCC(=O)N1CCN(CC(=O)Nc2ccc3c(=O)n(CC4(O)CCN(C(=O)CCCCNC(=O)c5ccc6c(Cl)c7c(nc6c5)CCCC7)CC4)cnc3c2)CC1. The Balaban J connectivity index is 0.696. The third-order valence-corrected chi connectivity index (χ3v) is 14.9. The number of pyridine rings is 1. The van der Waals surface area contributed by atoms with Gasteiger partial charge in [-0.25, -0.2) is 4.98 Å². The summed E-state index contributed by atoms with van der Waals surface area (Å²) in [7, 11) is 0. The maximum Gasteiger partial charge on any atom is 0.261 e. The van der Waals surface area contributed by atoms with E-state index in [0.717, 1.165) is 52.9 Å². The number of piperidine rings is 1. The fraction of sp³-hybridized carbons (Fsp3) is 0.558. The maximum atomic E-state index is 13.5. The van der Waals surface area contributed by atoms with Gasteiger partial charge in [0.1, 0.15) is 5.78 Å². The highest BCUT2D eigenvalue weighted by Crippen LogP contribution is 2.33. The van der Waals surface area contributed by atoms with Crippen LogP contribution in [0.1, 0.15) is 106 Å². The number of Topliss-reactive ketones (excluding diaryl/α,β-unsaturated/α-hetero) is 1. The fourth-order valence-electron chi connectivity index (χ4n) is 10.2. The van der Waals surface area contributed by atoms with Crippen molar-refractivity contribution in [2.75, 3.05) is 70.9 Å². The number of ether oxygens (including phenoxy) is 1. The summed E-state index contributed by atoms with van der Waals surface area (Å²) in [6.07, 6.45) is 9.57. The van der Waals surface area contributed by atoms with Crippen molar-refractivity contribution in [3.8, 4) is 0 Å². The molecule has 2 aromatic heterocycles. The molecule has 3 aliphatic heterocycles. The number of ketones is 1. The van der Waals surface area contributed by atoms with E-state index in [1.807, 2.05) is 17.9 Å². The number of halogens is 1. The highest BCUT2D eigenvalue weighted by molar-refractivity contribution is 6.36. The summed E-state index contributed by atoms with van der Waals surface area (Å²) >= 11 is 6.70. The van der Waals surface area contributed by atoms with Gasteiger partial charge in [-0.15, -0.1) is 0 Å². The van der Waals surface area contributed by atoms with Crippen molar-refractivity contribution in [1.29, 1.82) is 0 Å². The Bertz CT molecular complexity index is 2700. The number of aromatic nitrogens is 3. The van der Waals surface area contributed by atoms with E-state index in [-0.39, 0.29) is 79.0 Å². The second-order valence-corrected chi connectivity index (χ2v) is 20.1. The topological polar surface area (TPSA) is 225 Å². The van der Waals surface area contributed by atoms with E-state index in [2.05, 4.69) is 20.9 Å². The Morgan fingerprint density at radius 3 is 2.38 bits per heavy atom. The van der Waals surface area contributed by atoms with Crippen molar-refractivity contribution in [1.82, 2.24) is 39.9 Å². The van der Waals surface area contributed by atoms with Gasteiger partial charge in [0.2, 0.25) is 23.6 Å². The van der Waals surface area contributed by atoms with Gasteiger partial charge >= 0.3 is 0 Å². The van der Waals surface area contributed by atoms with Crippen LogP contribution < -0.4 is 21.5 Å². The molecule has 3 saturated heterocycles. The zero-order valence-electron chi connectivity index (χ0n) is 40.6.